The van der Waals surface area contributed by atoms with Gasteiger partial charge in [-0.05, 0) is 12.0 Å². The van der Waals surface area contributed by atoms with Gasteiger partial charge in [-0.25, -0.2) is 0 Å². The molecule has 1 N–H and O–H groups in total. The van der Waals surface area contributed by atoms with Crippen LogP contribution in [-0.4, -0.2) is 11.9 Å². The molecule has 0 bridgehead atoms. The first-order chi connectivity index (χ1) is 5.15. The summed E-state index contributed by atoms with van der Waals surface area (Å²) in [4.78, 5) is 1.97. The average Bonchev–Trinajstić information content (AvgIpc) is 1.97. The van der Waals surface area contributed by atoms with Gasteiger partial charge in [-0.1, -0.05) is 20.1 Å². The molecule has 0 fully saturated rings. The summed E-state index contributed by atoms with van der Waals surface area (Å²) in [6.45, 7) is 9.82. The third kappa shape index (κ3) is 1.45. The van der Waals surface area contributed by atoms with Crippen molar-refractivity contribution in [3.63, 3.8) is 0 Å². The molecule has 0 atom stereocenters. The van der Waals surface area contributed by atoms with Crippen LogP contribution < -0.4 is 5.32 Å². The number of nitrogens with one attached hydrogen (secondary N) is 1. The second kappa shape index (κ2) is 2.82. The first-order valence-electron chi connectivity index (χ1n) is 3.74. The van der Waals surface area contributed by atoms with Gasteiger partial charge >= 0.3 is 0 Å². The van der Waals surface area contributed by atoms with Crippen LogP contribution >= 0.6 is 0 Å². The molecule has 0 aromatic rings. The molecule has 0 amide bonds. The molecule has 2 nitrogen and oxygen atoms in total. The van der Waals surface area contributed by atoms with Crippen molar-refractivity contribution in [2.75, 3.05) is 7.05 Å². The molecule has 1 heterocycles. The topological polar surface area (TPSA) is 15.3 Å². The summed E-state index contributed by atoms with van der Waals surface area (Å²) in [6, 6.07) is 0. The standard InChI is InChI=1S/C9H14N2/c1-5-9-6-11(4)8(3)10-7(9)2/h6,10H,2-3,5H2,1,4H3. The Morgan fingerprint density at radius 2 is 2.18 bits per heavy atom. The van der Waals surface area contributed by atoms with Crippen LogP contribution in [-0.2, 0) is 0 Å². The third-order valence-corrected chi connectivity index (χ3v) is 1.84. The quantitative estimate of drug-likeness (QED) is 0.613. The van der Waals surface area contributed by atoms with Gasteiger partial charge in [0.1, 0.15) is 5.82 Å². The van der Waals surface area contributed by atoms with Crippen molar-refractivity contribution in [1.82, 2.24) is 10.2 Å². The Morgan fingerprint density at radius 1 is 1.55 bits per heavy atom. The minimum Gasteiger partial charge on any atom is -0.342 e. The van der Waals surface area contributed by atoms with Gasteiger partial charge in [0.25, 0.3) is 0 Å². The van der Waals surface area contributed by atoms with E-state index in [1.165, 1.54) is 5.57 Å². The van der Waals surface area contributed by atoms with Crippen molar-refractivity contribution in [3.05, 3.63) is 36.4 Å². The lowest BCUT2D eigenvalue weighted by Gasteiger charge is -2.27. The molecule has 1 rings (SSSR count). The van der Waals surface area contributed by atoms with Crippen molar-refractivity contribution < 1.29 is 0 Å². The minimum absolute atomic E-state index is 0.882. The summed E-state index contributed by atoms with van der Waals surface area (Å²) in [6.07, 6.45) is 3.06. The van der Waals surface area contributed by atoms with E-state index >= 15 is 0 Å². The minimum atomic E-state index is 0.882. The van der Waals surface area contributed by atoms with Gasteiger partial charge in [-0.2, -0.15) is 0 Å². The predicted molar refractivity (Wildman–Crippen MR) is 47.6 cm³/mol. The molecular formula is C9H14N2. The van der Waals surface area contributed by atoms with E-state index in [2.05, 4.69) is 31.6 Å². The number of hydrogen-bond acceptors (Lipinski definition) is 2. The first-order valence-corrected chi connectivity index (χ1v) is 3.74. The van der Waals surface area contributed by atoms with Crippen LogP contribution in [0.25, 0.3) is 0 Å². The highest BCUT2D eigenvalue weighted by atomic mass is 15.2. The molecule has 0 spiro atoms. The van der Waals surface area contributed by atoms with Crippen LogP contribution in [0, 0.1) is 0 Å². The average molecular weight is 150 g/mol. The lowest BCUT2D eigenvalue weighted by Crippen LogP contribution is -2.29. The van der Waals surface area contributed by atoms with E-state index in [0.717, 1.165) is 17.9 Å². The first kappa shape index (κ1) is 7.92. The molecule has 0 aliphatic carbocycles. The van der Waals surface area contributed by atoms with Gasteiger partial charge in [-0.15, -0.1) is 0 Å². The molecule has 0 saturated heterocycles. The Labute approximate surface area is 67.9 Å². The van der Waals surface area contributed by atoms with E-state index < -0.39 is 0 Å². The zero-order valence-electron chi connectivity index (χ0n) is 7.15. The SMILES string of the molecule is C=C1NC(=C)N(C)C=C1CC. The molecule has 11 heavy (non-hydrogen) atoms. The van der Waals surface area contributed by atoms with E-state index in [9.17, 15) is 0 Å². The third-order valence-electron chi connectivity index (χ3n) is 1.84. The second-order valence-corrected chi connectivity index (χ2v) is 2.67. The summed E-state index contributed by atoms with van der Waals surface area (Å²) in [5.41, 5.74) is 2.20. The molecule has 0 aromatic carbocycles. The Kier molecular flexibility index (Phi) is 2.03. The lowest BCUT2D eigenvalue weighted by atomic mass is 10.1. The monoisotopic (exact) mass is 150 g/mol. The number of hydrogen-bond donors (Lipinski definition) is 1. The highest BCUT2D eigenvalue weighted by Gasteiger charge is 2.10. The Hall–Kier alpha value is -1.18. The van der Waals surface area contributed by atoms with Gasteiger partial charge in [0.05, 0.1) is 0 Å². The predicted octanol–water partition coefficient (Wildman–Crippen LogP) is 1.80. The molecule has 0 radical (unpaired) electrons. The van der Waals surface area contributed by atoms with Crippen LogP contribution in [0.5, 0.6) is 0 Å². The maximum absolute atomic E-state index is 3.88. The number of allylic oxidation sites excluding steroid dienone is 1. The summed E-state index contributed by atoms with van der Waals surface area (Å²) in [5, 5.41) is 3.10. The van der Waals surface area contributed by atoms with Crippen LogP contribution in [0.1, 0.15) is 13.3 Å². The molecule has 1 aliphatic heterocycles. The van der Waals surface area contributed by atoms with Gasteiger partial charge in [-0.3, -0.25) is 0 Å². The highest BCUT2D eigenvalue weighted by Crippen LogP contribution is 2.17. The Balaban J connectivity index is 2.87. The summed E-state index contributed by atoms with van der Waals surface area (Å²) in [5.74, 6) is 0.882. The van der Waals surface area contributed by atoms with E-state index in [4.69, 9.17) is 0 Å². The van der Waals surface area contributed by atoms with Crippen LogP contribution in [0.2, 0.25) is 0 Å². The van der Waals surface area contributed by atoms with Crippen LogP contribution in [0.15, 0.2) is 36.4 Å². The van der Waals surface area contributed by atoms with Gasteiger partial charge in [0.15, 0.2) is 0 Å². The van der Waals surface area contributed by atoms with Crippen LogP contribution in [0.4, 0.5) is 0 Å². The molecule has 0 saturated carbocycles. The normalized spacial score (nSPS) is 18.0. The van der Waals surface area contributed by atoms with Gasteiger partial charge in [0.2, 0.25) is 0 Å². The van der Waals surface area contributed by atoms with Crippen molar-refractivity contribution in [2.45, 2.75) is 13.3 Å². The fraction of sp³-hybridized carbons (Fsp3) is 0.333. The van der Waals surface area contributed by atoms with Crippen LogP contribution in [0.3, 0.4) is 0 Å². The summed E-state index contributed by atoms with van der Waals surface area (Å²) < 4.78 is 0. The zero-order valence-corrected chi connectivity index (χ0v) is 7.15. The lowest BCUT2D eigenvalue weighted by molar-refractivity contribution is 0.505. The summed E-state index contributed by atoms with van der Waals surface area (Å²) in [7, 11) is 1.97. The van der Waals surface area contributed by atoms with Crippen molar-refractivity contribution in [1.29, 1.82) is 0 Å². The highest BCUT2D eigenvalue weighted by molar-refractivity contribution is 5.32. The Morgan fingerprint density at radius 3 is 2.73 bits per heavy atom. The molecule has 0 unspecified atom stereocenters. The van der Waals surface area contributed by atoms with E-state index in [-0.39, 0.29) is 0 Å². The van der Waals surface area contributed by atoms with Crippen molar-refractivity contribution >= 4 is 0 Å². The van der Waals surface area contributed by atoms with E-state index in [1.54, 1.807) is 0 Å². The Bertz CT molecular complexity index is 226. The maximum Gasteiger partial charge on any atom is 0.102 e. The smallest absolute Gasteiger partial charge is 0.102 e. The van der Waals surface area contributed by atoms with Crippen molar-refractivity contribution in [2.24, 2.45) is 0 Å². The number of rotatable bonds is 1. The van der Waals surface area contributed by atoms with E-state index in [0.29, 0.717) is 0 Å². The largest absolute Gasteiger partial charge is 0.342 e. The molecule has 1 aliphatic rings. The molecule has 2 heteroatoms. The zero-order chi connectivity index (χ0) is 8.43. The van der Waals surface area contributed by atoms with Gasteiger partial charge in [0, 0.05) is 18.9 Å². The fourth-order valence-corrected chi connectivity index (χ4v) is 1.04. The summed E-state index contributed by atoms with van der Waals surface area (Å²) >= 11 is 0. The van der Waals surface area contributed by atoms with Crippen molar-refractivity contribution in [3.8, 4) is 0 Å². The maximum atomic E-state index is 3.88. The number of nitrogens with zero attached hydrogens (tertiary/aromatic N) is 1. The fourth-order valence-electron chi connectivity index (χ4n) is 1.04. The van der Waals surface area contributed by atoms with E-state index in [1.807, 2.05) is 11.9 Å². The molecular weight excluding hydrogens is 136 g/mol. The molecule has 0 aromatic heterocycles. The van der Waals surface area contributed by atoms with Gasteiger partial charge < -0.3 is 10.2 Å². The molecule has 60 valence electrons. The second-order valence-electron chi connectivity index (χ2n) is 2.67.